The second-order valence-corrected chi connectivity index (χ2v) is 6.09. The maximum atomic E-state index is 9.75. The van der Waals surface area contributed by atoms with Crippen molar-refractivity contribution in [3.8, 4) is 0 Å². The quantitative estimate of drug-likeness (QED) is 0.752. The largest absolute Gasteiger partial charge is 0.393 e. The molecule has 1 aliphatic carbocycles. The van der Waals surface area contributed by atoms with E-state index in [4.69, 9.17) is 0 Å². The van der Waals surface area contributed by atoms with Crippen LogP contribution < -0.4 is 10.6 Å². The van der Waals surface area contributed by atoms with Gasteiger partial charge in [-0.15, -0.1) is 0 Å². The van der Waals surface area contributed by atoms with E-state index >= 15 is 0 Å². The zero-order valence-corrected chi connectivity index (χ0v) is 13.4. The van der Waals surface area contributed by atoms with Gasteiger partial charge in [-0.25, -0.2) is 9.97 Å². The maximum absolute atomic E-state index is 9.75. The van der Waals surface area contributed by atoms with Crippen molar-refractivity contribution in [1.29, 1.82) is 0 Å². The van der Waals surface area contributed by atoms with Gasteiger partial charge in [0.15, 0.2) is 0 Å². The molecule has 118 valence electrons. The smallest absolute Gasteiger partial charge is 0.134 e. The van der Waals surface area contributed by atoms with Crippen LogP contribution in [0.25, 0.3) is 0 Å². The van der Waals surface area contributed by atoms with E-state index in [9.17, 15) is 5.11 Å². The number of aliphatic hydroxyl groups is 1. The summed E-state index contributed by atoms with van der Waals surface area (Å²) in [7, 11) is 0. The molecule has 2 atom stereocenters. The molecule has 0 aliphatic heterocycles. The number of hydrogen-bond acceptors (Lipinski definition) is 5. The minimum absolute atomic E-state index is 0.124. The van der Waals surface area contributed by atoms with E-state index in [0.717, 1.165) is 61.8 Å². The number of rotatable bonds is 6. The van der Waals surface area contributed by atoms with Crippen molar-refractivity contribution in [3.05, 3.63) is 11.4 Å². The Hall–Kier alpha value is -1.36. The van der Waals surface area contributed by atoms with Gasteiger partial charge in [0.1, 0.15) is 17.5 Å². The Morgan fingerprint density at radius 2 is 1.86 bits per heavy atom. The standard InChI is InChI=1S/C16H28N4O/c1-4-8-17-15-11(2)16(20-12(3)19-15)18-10-13-6-5-7-14(21)9-13/h13-14,21H,4-10H2,1-3H3,(H2,17,18,19,20). The van der Waals surface area contributed by atoms with Crippen LogP contribution in [0.3, 0.4) is 0 Å². The Bertz CT molecular complexity index is 464. The molecule has 1 saturated carbocycles. The van der Waals surface area contributed by atoms with Crippen molar-refractivity contribution in [2.45, 2.75) is 59.0 Å². The van der Waals surface area contributed by atoms with Crippen LogP contribution in [0.2, 0.25) is 0 Å². The van der Waals surface area contributed by atoms with Crippen molar-refractivity contribution in [1.82, 2.24) is 9.97 Å². The summed E-state index contributed by atoms with van der Waals surface area (Å²) < 4.78 is 0. The molecular weight excluding hydrogens is 264 g/mol. The lowest BCUT2D eigenvalue weighted by atomic mass is 9.87. The summed E-state index contributed by atoms with van der Waals surface area (Å²) in [6.45, 7) is 7.92. The molecule has 1 aromatic heterocycles. The summed E-state index contributed by atoms with van der Waals surface area (Å²) in [4.78, 5) is 9.00. The van der Waals surface area contributed by atoms with E-state index in [1.54, 1.807) is 0 Å². The Labute approximate surface area is 127 Å². The molecule has 1 aromatic rings. The summed E-state index contributed by atoms with van der Waals surface area (Å²) in [6.07, 6.45) is 5.11. The van der Waals surface area contributed by atoms with Crippen LogP contribution in [0.1, 0.15) is 50.4 Å². The van der Waals surface area contributed by atoms with E-state index < -0.39 is 0 Å². The SMILES string of the molecule is CCCNc1nc(C)nc(NCC2CCCC(O)C2)c1C. The third-order valence-corrected chi connectivity index (χ3v) is 4.11. The molecule has 1 fully saturated rings. The first-order valence-electron chi connectivity index (χ1n) is 8.11. The number of anilines is 2. The van der Waals surface area contributed by atoms with Gasteiger partial charge in [0.25, 0.3) is 0 Å². The Morgan fingerprint density at radius 1 is 1.14 bits per heavy atom. The topological polar surface area (TPSA) is 70.1 Å². The molecule has 5 nitrogen and oxygen atoms in total. The number of aliphatic hydroxyl groups excluding tert-OH is 1. The molecule has 21 heavy (non-hydrogen) atoms. The van der Waals surface area contributed by atoms with Gasteiger partial charge in [0.2, 0.25) is 0 Å². The monoisotopic (exact) mass is 292 g/mol. The number of aryl methyl sites for hydroxylation is 1. The molecule has 0 amide bonds. The highest BCUT2D eigenvalue weighted by molar-refractivity contribution is 5.57. The summed E-state index contributed by atoms with van der Waals surface area (Å²) in [6, 6.07) is 0. The molecule has 1 heterocycles. The fourth-order valence-corrected chi connectivity index (χ4v) is 2.91. The van der Waals surface area contributed by atoms with Gasteiger partial charge >= 0.3 is 0 Å². The van der Waals surface area contributed by atoms with Crippen LogP contribution in [0.15, 0.2) is 0 Å². The van der Waals surface area contributed by atoms with Crippen molar-refractivity contribution in [2.75, 3.05) is 23.7 Å². The van der Waals surface area contributed by atoms with Gasteiger partial charge in [-0.3, -0.25) is 0 Å². The molecule has 1 aliphatic rings. The lowest BCUT2D eigenvalue weighted by Gasteiger charge is -2.26. The Balaban J connectivity index is 2.00. The number of nitrogens with zero attached hydrogens (tertiary/aromatic N) is 2. The van der Waals surface area contributed by atoms with Gasteiger partial charge in [-0.1, -0.05) is 13.3 Å². The van der Waals surface area contributed by atoms with Crippen LogP contribution in [0, 0.1) is 19.8 Å². The molecule has 0 saturated heterocycles. The first-order valence-corrected chi connectivity index (χ1v) is 8.11. The van der Waals surface area contributed by atoms with E-state index in [2.05, 4.69) is 34.4 Å². The molecule has 0 bridgehead atoms. The van der Waals surface area contributed by atoms with Crippen molar-refractivity contribution in [2.24, 2.45) is 5.92 Å². The normalized spacial score (nSPS) is 22.1. The summed E-state index contributed by atoms with van der Waals surface area (Å²) >= 11 is 0. The third-order valence-electron chi connectivity index (χ3n) is 4.11. The van der Waals surface area contributed by atoms with Crippen molar-refractivity contribution in [3.63, 3.8) is 0 Å². The molecule has 5 heteroatoms. The summed E-state index contributed by atoms with van der Waals surface area (Å²) in [5, 5.41) is 16.6. The molecule has 0 spiro atoms. The maximum Gasteiger partial charge on any atom is 0.134 e. The van der Waals surface area contributed by atoms with E-state index in [1.165, 1.54) is 6.42 Å². The van der Waals surface area contributed by atoms with E-state index in [-0.39, 0.29) is 6.10 Å². The Morgan fingerprint density at radius 3 is 2.52 bits per heavy atom. The zero-order chi connectivity index (χ0) is 15.2. The number of hydrogen-bond donors (Lipinski definition) is 3. The minimum Gasteiger partial charge on any atom is -0.393 e. The first kappa shape index (κ1) is 16.0. The average molecular weight is 292 g/mol. The van der Waals surface area contributed by atoms with Gasteiger partial charge < -0.3 is 15.7 Å². The van der Waals surface area contributed by atoms with Crippen LogP contribution in [0.4, 0.5) is 11.6 Å². The molecule has 0 radical (unpaired) electrons. The second-order valence-electron chi connectivity index (χ2n) is 6.09. The van der Waals surface area contributed by atoms with Gasteiger partial charge in [-0.05, 0) is 45.4 Å². The highest BCUT2D eigenvalue weighted by Crippen LogP contribution is 2.26. The summed E-state index contributed by atoms with van der Waals surface area (Å²) in [5.74, 6) is 3.16. The molecule has 0 aromatic carbocycles. The van der Waals surface area contributed by atoms with E-state index in [1.807, 2.05) is 6.92 Å². The lowest BCUT2D eigenvalue weighted by molar-refractivity contribution is 0.104. The highest BCUT2D eigenvalue weighted by Gasteiger charge is 2.20. The zero-order valence-electron chi connectivity index (χ0n) is 13.4. The lowest BCUT2D eigenvalue weighted by Crippen LogP contribution is -2.25. The van der Waals surface area contributed by atoms with Crippen LogP contribution >= 0.6 is 0 Å². The fourth-order valence-electron chi connectivity index (χ4n) is 2.91. The highest BCUT2D eigenvalue weighted by atomic mass is 16.3. The van der Waals surface area contributed by atoms with Gasteiger partial charge in [0, 0.05) is 18.7 Å². The fraction of sp³-hybridized carbons (Fsp3) is 0.750. The van der Waals surface area contributed by atoms with Gasteiger partial charge in [0.05, 0.1) is 6.10 Å². The van der Waals surface area contributed by atoms with Crippen molar-refractivity contribution < 1.29 is 5.11 Å². The molecule has 3 N–H and O–H groups in total. The van der Waals surface area contributed by atoms with Crippen molar-refractivity contribution >= 4 is 11.6 Å². The number of nitrogens with one attached hydrogen (secondary N) is 2. The molecule has 2 rings (SSSR count). The molecule has 2 unspecified atom stereocenters. The summed E-state index contributed by atoms with van der Waals surface area (Å²) in [5.41, 5.74) is 1.07. The van der Waals surface area contributed by atoms with E-state index in [0.29, 0.717) is 5.92 Å². The van der Waals surface area contributed by atoms with Gasteiger partial charge in [-0.2, -0.15) is 0 Å². The predicted molar refractivity (Wildman–Crippen MR) is 86.7 cm³/mol. The molecular formula is C16H28N4O. The predicted octanol–water partition coefficient (Wildman–Crippen LogP) is 2.88. The average Bonchev–Trinajstić information content (AvgIpc) is 2.46. The number of aromatic nitrogens is 2. The van der Waals surface area contributed by atoms with Crippen LogP contribution in [-0.2, 0) is 0 Å². The third kappa shape index (κ3) is 4.56. The van der Waals surface area contributed by atoms with Crippen LogP contribution in [0.5, 0.6) is 0 Å². The first-order chi connectivity index (χ1) is 10.1. The Kier molecular flexibility index (Phi) is 5.79. The minimum atomic E-state index is -0.124. The second kappa shape index (κ2) is 7.59. The van der Waals surface area contributed by atoms with Crippen LogP contribution in [-0.4, -0.2) is 34.3 Å².